The fourth-order valence-electron chi connectivity index (χ4n) is 1.98. The van der Waals surface area contributed by atoms with Crippen molar-refractivity contribution in [2.24, 2.45) is 0 Å². The minimum absolute atomic E-state index is 0.00921. The van der Waals surface area contributed by atoms with Crippen LogP contribution in [0.1, 0.15) is 17.4 Å². The first-order chi connectivity index (χ1) is 9.22. The summed E-state index contributed by atoms with van der Waals surface area (Å²) in [5, 5.41) is 3.19. The maximum Gasteiger partial charge on any atom is 0.356 e. The minimum Gasteiger partial charge on any atom is -0.461 e. The normalized spacial score (nSPS) is 15.3. The number of rotatable bonds is 4. The average Bonchev–Trinajstić information content (AvgIpc) is 2.88. The first-order valence-corrected chi connectivity index (χ1v) is 6.38. The Bertz CT molecular complexity index is 452. The lowest BCUT2D eigenvalue weighted by molar-refractivity contribution is -0.132. The van der Waals surface area contributed by atoms with E-state index in [-0.39, 0.29) is 12.5 Å². The van der Waals surface area contributed by atoms with Crippen LogP contribution >= 0.6 is 0 Å². The van der Waals surface area contributed by atoms with E-state index in [4.69, 9.17) is 4.74 Å². The summed E-state index contributed by atoms with van der Waals surface area (Å²) in [6.07, 6.45) is 2.90. The maximum absolute atomic E-state index is 12.1. The van der Waals surface area contributed by atoms with Crippen LogP contribution in [-0.2, 0) is 16.1 Å². The molecule has 0 spiro atoms. The Morgan fingerprint density at radius 1 is 1.42 bits per heavy atom. The number of amides is 1. The molecule has 0 aliphatic carbocycles. The Labute approximate surface area is 111 Å². The fraction of sp³-hybridized carbons (Fsp3) is 0.583. The summed E-state index contributed by atoms with van der Waals surface area (Å²) >= 11 is 0. The first-order valence-electron chi connectivity index (χ1n) is 6.38. The molecule has 2 heterocycles. The van der Waals surface area contributed by atoms with Gasteiger partial charge in [0.05, 0.1) is 19.1 Å². The second kappa shape index (κ2) is 6.33. The van der Waals surface area contributed by atoms with E-state index < -0.39 is 5.97 Å². The summed E-state index contributed by atoms with van der Waals surface area (Å²) in [5.41, 5.74) is 0.310. The predicted molar refractivity (Wildman–Crippen MR) is 67.6 cm³/mol. The van der Waals surface area contributed by atoms with Gasteiger partial charge in [-0.05, 0) is 6.92 Å². The van der Waals surface area contributed by atoms with Gasteiger partial charge in [0.25, 0.3) is 0 Å². The minimum atomic E-state index is -0.451. The zero-order chi connectivity index (χ0) is 13.7. The second-order valence-corrected chi connectivity index (χ2v) is 4.26. The number of nitrogens with zero attached hydrogens (tertiary/aromatic N) is 3. The molecule has 1 N–H and O–H groups in total. The standard InChI is InChI=1S/C12H18N4O3/c1-2-19-12(18)10-7-14-9-16(10)8-11(17)15-5-3-13-4-6-15/h7,9,13H,2-6,8H2,1H3. The topological polar surface area (TPSA) is 76.5 Å². The molecule has 1 aromatic heterocycles. The van der Waals surface area contributed by atoms with Crippen molar-refractivity contribution < 1.29 is 14.3 Å². The molecule has 0 unspecified atom stereocenters. The highest BCUT2D eigenvalue weighted by Gasteiger charge is 2.19. The molecule has 0 radical (unpaired) electrons. The average molecular weight is 266 g/mol. The van der Waals surface area contributed by atoms with Crippen molar-refractivity contribution in [3.8, 4) is 0 Å². The largest absolute Gasteiger partial charge is 0.461 e. The predicted octanol–water partition coefficient (Wildman–Crippen LogP) is -0.508. The number of nitrogens with one attached hydrogen (secondary N) is 1. The Kier molecular flexibility index (Phi) is 4.51. The molecule has 1 aromatic rings. The van der Waals surface area contributed by atoms with E-state index in [2.05, 4.69) is 10.3 Å². The summed E-state index contributed by atoms with van der Waals surface area (Å²) < 4.78 is 6.45. The van der Waals surface area contributed by atoms with Gasteiger partial charge in [0.2, 0.25) is 5.91 Å². The lowest BCUT2D eigenvalue weighted by Crippen LogP contribution is -2.47. The lowest BCUT2D eigenvalue weighted by Gasteiger charge is -2.27. The number of hydrogen-bond acceptors (Lipinski definition) is 5. The highest BCUT2D eigenvalue weighted by Crippen LogP contribution is 2.04. The Morgan fingerprint density at radius 2 is 2.16 bits per heavy atom. The highest BCUT2D eigenvalue weighted by molar-refractivity contribution is 5.88. The van der Waals surface area contributed by atoms with Crippen LogP contribution in [0.15, 0.2) is 12.5 Å². The second-order valence-electron chi connectivity index (χ2n) is 4.26. The molecule has 104 valence electrons. The van der Waals surface area contributed by atoms with Crippen LogP contribution in [0, 0.1) is 0 Å². The van der Waals surface area contributed by atoms with Crippen molar-refractivity contribution in [2.45, 2.75) is 13.5 Å². The molecule has 19 heavy (non-hydrogen) atoms. The van der Waals surface area contributed by atoms with Crippen LogP contribution in [0.5, 0.6) is 0 Å². The van der Waals surface area contributed by atoms with Gasteiger partial charge in [-0.1, -0.05) is 0 Å². The van der Waals surface area contributed by atoms with E-state index in [0.29, 0.717) is 25.4 Å². The lowest BCUT2D eigenvalue weighted by atomic mass is 10.3. The van der Waals surface area contributed by atoms with Gasteiger partial charge in [-0.25, -0.2) is 9.78 Å². The third-order valence-corrected chi connectivity index (χ3v) is 2.97. The van der Waals surface area contributed by atoms with Crippen LogP contribution in [0.25, 0.3) is 0 Å². The van der Waals surface area contributed by atoms with Crippen molar-refractivity contribution in [2.75, 3.05) is 32.8 Å². The van der Waals surface area contributed by atoms with Gasteiger partial charge >= 0.3 is 5.97 Å². The summed E-state index contributed by atoms with van der Waals surface area (Å²) in [7, 11) is 0. The molecule has 1 aliphatic rings. The van der Waals surface area contributed by atoms with Crippen molar-refractivity contribution in [1.29, 1.82) is 0 Å². The number of piperazine rings is 1. The van der Waals surface area contributed by atoms with Crippen molar-refractivity contribution in [3.05, 3.63) is 18.2 Å². The SMILES string of the molecule is CCOC(=O)c1cncn1CC(=O)N1CCNCC1. The van der Waals surface area contributed by atoms with Crippen molar-refractivity contribution in [1.82, 2.24) is 19.8 Å². The van der Waals surface area contributed by atoms with Crippen LogP contribution in [0.2, 0.25) is 0 Å². The van der Waals surface area contributed by atoms with E-state index in [0.717, 1.165) is 13.1 Å². The monoisotopic (exact) mass is 266 g/mol. The van der Waals surface area contributed by atoms with Gasteiger partial charge in [-0.15, -0.1) is 0 Å². The summed E-state index contributed by atoms with van der Waals surface area (Å²) in [6, 6.07) is 0. The zero-order valence-corrected chi connectivity index (χ0v) is 11.0. The fourth-order valence-corrected chi connectivity index (χ4v) is 1.98. The molecule has 1 fully saturated rings. The molecule has 0 bridgehead atoms. The highest BCUT2D eigenvalue weighted by atomic mass is 16.5. The summed E-state index contributed by atoms with van der Waals surface area (Å²) in [4.78, 5) is 29.4. The van der Waals surface area contributed by atoms with E-state index in [1.165, 1.54) is 17.1 Å². The van der Waals surface area contributed by atoms with Gasteiger partial charge in [0.1, 0.15) is 12.2 Å². The summed E-state index contributed by atoms with van der Waals surface area (Å²) in [5.74, 6) is -0.460. The molecule has 1 amide bonds. The number of hydrogen-bond donors (Lipinski definition) is 1. The van der Waals surface area contributed by atoms with Gasteiger partial charge in [-0.3, -0.25) is 4.79 Å². The third kappa shape index (κ3) is 3.31. The van der Waals surface area contributed by atoms with Gasteiger partial charge in [-0.2, -0.15) is 0 Å². The molecule has 0 atom stereocenters. The maximum atomic E-state index is 12.1. The first kappa shape index (κ1) is 13.5. The Balaban J connectivity index is 2.00. The molecule has 1 saturated heterocycles. The van der Waals surface area contributed by atoms with Gasteiger partial charge in [0.15, 0.2) is 0 Å². The number of aromatic nitrogens is 2. The van der Waals surface area contributed by atoms with Crippen LogP contribution in [-0.4, -0.2) is 59.1 Å². The van der Waals surface area contributed by atoms with E-state index >= 15 is 0 Å². The summed E-state index contributed by atoms with van der Waals surface area (Å²) in [6.45, 7) is 5.17. The van der Waals surface area contributed by atoms with Gasteiger partial charge in [0, 0.05) is 26.2 Å². The number of imidazole rings is 1. The molecule has 7 heteroatoms. The Morgan fingerprint density at radius 3 is 2.84 bits per heavy atom. The van der Waals surface area contributed by atoms with E-state index in [1.807, 2.05) is 0 Å². The molecule has 2 rings (SSSR count). The number of carbonyl (C=O) groups is 2. The van der Waals surface area contributed by atoms with Crippen LogP contribution in [0.4, 0.5) is 0 Å². The molecule has 7 nitrogen and oxygen atoms in total. The number of ether oxygens (including phenoxy) is 1. The van der Waals surface area contributed by atoms with Crippen LogP contribution in [0.3, 0.4) is 0 Å². The molecular weight excluding hydrogens is 248 g/mol. The van der Waals surface area contributed by atoms with Crippen molar-refractivity contribution >= 4 is 11.9 Å². The number of esters is 1. The molecule has 0 aromatic carbocycles. The van der Waals surface area contributed by atoms with E-state index in [1.54, 1.807) is 11.8 Å². The Hall–Kier alpha value is -1.89. The molecule has 1 aliphatic heterocycles. The molecular formula is C12H18N4O3. The number of carbonyl (C=O) groups excluding carboxylic acids is 2. The molecule has 0 saturated carbocycles. The quantitative estimate of drug-likeness (QED) is 0.743. The third-order valence-electron chi connectivity index (χ3n) is 2.97. The zero-order valence-electron chi connectivity index (χ0n) is 11.0. The van der Waals surface area contributed by atoms with E-state index in [9.17, 15) is 9.59 Å². The van der Waals surface area contributed by atoms with Crippen LogP contribution < -0.4 is 5.32 Å². The smallest absolute Gasteiger partial charge is 0.356 e. The van der Waals surface area contributed by atoms with Gasteiger partial charge < -0.3 is 19.5 Å². The van der Waals surface area contributed by atoms with Crippen molar-refractivity contribution in [3.63, 3.8) is 0 Å².